The van der Waals surface area contributed by atoms with Crippen molar-refractivity contribution in [3.05, 3.63) is 41.9 Å². The van der Waals surface area contributed by atoms with Gasteiger partial charge in [0.25, 0.3) is 5.91 Å². The van der Waals surface area contributed by atoms with Gasteiger partial charge in [-0.1, -0.05) is 6.92 Å². The number of aromatic nitrogens is 2. The van der Waals surface area contributed by atoms with E-state index < -0.39 is 0 Å². The first-order valence-corrected chi connectivity index (χ1v) is 6.66. The molecular formula is C14H17N3O2. The molecule has 2 aromatic rings. The normalized spacial score (nSPS) is 18.1. The van der Waals surface area contributed by atoms with Crippen molar-refractivity contribution in [2.24, 2.45) is 0 Å². The Labute approximate surface area is 111 Å². The lowest BCUT2D eigenvalue weighted by molar-refractivity contribution is 0.0897. The highest BCUT2D eigenvalue weighted by Gasteiger charge is 2.21. The maximum Gasteiger partial charge on any atom is 0.287 e. The number of carbonyl (C=O) groups excluding carboxylic acids is 1. The standard InChI is InChI=1S/C14H17N3O2/c1-2-11-4-5-12(19-11)14(18)16-10-3-6-13-15-7-8-17(13)9-10/h4-5,7-8,10H,2-3,6,9H2,1H3,(H,16,18)/t10-/m0/s1. The molecule has 100 valence electrons. The van der Waals surface area contributed by atoms with Crippen LogP contribution in [0.15, 0.2) is 28.9 Å². The molecule has 5 nitrogen and oxygen atoms in total. The van der Waals surface area contributed by atoms with Crippen LogP contribution in [-0.2, 0) is 19.4 Å². The average Bonchev–Trinajstić information content (AvgIpc) is 3.06. The van der Waals surface area contributed by atoms with Crippen LogP contribution in [0.1, 0.15) is 35.5 Å². The van der Waals surface area contributed by atoms with E-state index in [-0.39, 0.29) is 11.9 Å². The smallest absolute Gasteiger partial charge is 0.287 e. The van der Waals surface area contributed by atoms with Gasteiger partial charge in [-0.25, -0.2) is 4.98 Å². The lowest BCUT2D eigenvalue weighted by atomic mass is 10.1. The van der Waals surface area contributed by atoms with Crippen LogP contribution in [0.3, 0.4) is 0 Å². The summed E-state index contributed by atoms with van der Waals surface area (Å²) < 4.78 is 7.55. The summed E-state index contributed by atoms with van der Waals surface area (Å²) >= 11 is 0. The number of nitrogens with one attached hydrogen (secondary N) is 1. The molecule has 1 aliphatic heterocycles. The number of fused-ring (bicyclic) bond motifs is 1. The molecule has 5 heteroatoms. The molecule has 0 saturated heterocycles. The molecule has 1 atom stereocenters. The van der Waals surface area contributed by atoms with Crippen LogP contribution in [0.25, 0.3) is 0 Å². The van der Waals surface area contributed by atoms with E-state index in [1.54, 1.807) is 12.3 Å². The minimum Gasteiger partial charge on any atom is -0.456 e. The van der Waals surface area contributed by atoms with Crippen LogP contribution in [0.5, 0.6) is 0 Å². The summed E-state index contributed by atoms with van der Waals surface area (Å²) in [6.45, 7) is 2.78. The van der Waals surface area contributed by atoms with Gasteiger partial charge >= 0.3 is 0 Å². The molecule has 3 rings (SSSR count). The van der Waals surface area contributed by atoms with Crippen molar-refractivity contribution >= 4 is 5.91 Å². The van der Waals surface area contributed by atoms with Crippen LogP contribution in [0, 0.1) is 0 Å². The number of amides is 1. The third kappa shape index (κ3) is 2.41. The summed E-state index contributed by atoms with van der Waals surface area (Å²) in [7, 11) is 0. The Morgan fingerprint density at radius 3 is 3.26 bits per heavy atom. The summed E-state index contributed by atoms with van der Waals surface area (Å²) in [5.41, 5.74) is 0. The number of hydrogen-bond donors (Lipinski definition) is 1. The SMILES string of the molecule is CCc1ccc(C(=O)N[C@H]2CCc3nccn3C2)o1. The first-order valence-electron chi connectivity index (χ1n) is 6.66. The molecule has 0 unspecified atom stereocenters. The number of nitrogens with zero attached hydrogens (tertiary/aromatic N) is 2. The van der Waals surface area contributed by atoms with Crippen molar-refractivity contribution in [1.82, 2.24) is 14.9 Å². The summed E-state index contributed by atoms with van der Waals surface area (Å²) in [4.78, 5) is 16.3. The summed E-state index contributed by atoms with van der Waals surface area (Å²) in [6, 6.07) is 3.73. The first kappa shape index (κ1) is 12.0. The molecule has 0 radical (unpaired) electrons. The molecule has 0 bridgehead atoms. The van der Waals surface area contributed by atoms with E-state index in [1.165, 1.54) is 0 Å². The lowest BCUT2D eigenvalue weighted by Gasteiger charge is -2.24. The zero-order valence-corrected chi connectivity index (χ0v) is 10.9. The Balaban J connectivity index is 1.64. The highest BCUT2D eigenvalue weighted by atomic mass is 16.3. The third-order valence-electron chi connectivity index (χ3n) is 3.50. The minimum atomic E-state index is -0.131. The van der Waals surface area contributed by atoms with E-state index in [1.807, 2.05) is 19.2 Å². The lowest BCUT2D eigenvalue weighted by Crippen LogP contribution is -2.40. The third-order valence-corrected chi connectivity index (χ3v) is 3.50. The molecule has 1 aliphatic rings. The van der Waals surface area contributed by atoms with Crippen molar-refractivity contribution in [3.63, 3.8) is 0 Å². The largest absolute Gasteiger partial charge is 0.456 e. The summed E-state index contributed by atoms with van der Waals surface area (Å²) in [5.74, 6) is 2.20. The van der Waals surface area contributed by atoms with E-state index in [0.717, 1.165) is 37.4 Å². The van der Waals surface area contributed by atoms with Crippen LogP contribution in [0.2, 0.25) is 0 Å². The number of carbonyl (C=O) groups is 1. The average molecular weight is 259 g/mol. The second-order valence-corrected chi connectivity index (χ2v) is 4.82. The Hall–Kier alpha value is -2.04. The van der Waals surface area contributed by atoms with E-state index in [2.05, 4.69) is 14.9 Å². The van der Waals surface area contributed by atoms with Gasteiger partial charge in [0.1, 0.15) is 11.6 Å². The Morgan fingerprint density at radius 2 is 2.47 bits per heavy atom. The van der Waals surface area contributed by atoms with Gasteiger partial charge in [0.05, 0.1) is 0 Å². The van der Waals surface area contributed by atoms with Gasteiger partial charge in [0.2, 0.25) is 0 Å². The van der Waals surface area contributed by atoms with E-state index >= 15 is 0 Å². The molecule has 0 aliphatic carbocycles. The molecule has 3 heterocycles. The van der Waals surface area contributed by atoms with Gasteiger partial charge in [-0.05, 0) is 18.6 Å². The maximum absolute atomic E-state index is 12.1. The quantitative estimate of drug-likeness (QED) is 0.914. The second kappa shape index (κ2) is 4.91. The fraction of sp³-hybridized carbons (Fsp3) is 0.429. The van der Waals surface area contributed by atoms with Gasteiger partial charge in [-0.3, -0.25) is 4.79 Å². The summed E-state index contributed by atoms with van der Waals surface area (Å²) in [6.07, 6.45) is 6.38. The van der Waals surface area contributed by atoms with Gasteiger partial charge in [-0.15, -0.1) is 0 Å². The van der Waals surface area contributed by atoms with Gasteiger partial charge in [-0.2, -0.15) is 0 Å². The van der Waals surface area contributed by atoms with Crippen LogP contribution in [-0.4, -0.2) is 21.5 Å². The van der Waals surface area contributed by atoms with E-state index in [4.69, 9.17) is 4.42 Å². The van der Waals surface area contributed by atoms with Crippen molar-refractivity contribution in [3.8, 4) is 0 Å². The Morgan fingerprint density at radius 1 is 1.58 bits per heavy atom. The van der Waals surface area contributed by atoms with Crippen LogP contribution < -0.4 is 5.32 Å². The van der Waals surface area contributed by atoms with Crippen molar-refractivity contribution in [1.29, 1.82) is 0 Å². The second-order valence-electron chi connectivity index (χ2n) is 4.82. The number of hydrogen-bond acceptors (Lipinski definition) is 3. The molecule has 1 N–H and O–H groups in total. The molecule has 1 amide bonds. The molecule has 0 fully saturated rings. The van der Waals surface area contributed by atoms with Gasteiger partial charge in [0.15, 0.2) is 5.76 Å². The number of furan rings is 1. The van der Waals surface area contributed by atoms with Crippen LogP contribution in [0.4, 0.5) is 0 Å². The Bertz CT molecular complexity index is 585. The summed E-state index contributed by atoms with van der Waals surface area (Å²) in [5, 5.41) is 3.02. The van der Waals surface area contributed by atoms with Gasteiger partial charge < -0.3 is 14.3 Å². The van der Waals surface area contributed by atoms with Gasteiger partial charge in [0, 0.05) is 37.8 Å². The van der Waals surface area contributed by atoms with Crippen LogP contribution >= 0.6 is 0 Å². The molecule has 19 heavy (non-hydrogen) atoms. The monoisotopic (exact) mass is 259 g/mol. The zero-order chi connectivity index (χ0) is 13.2. The topological polar surface area (TPSA) is 60.1 Å². The molecule has 2 aromatic heterocycles. The molecule has 0 aromatic carbocycles. The van der Waals surface area contributed by atoms with E-state index in [9.17, 15) is 4.79 Å². The highest BCUT2D eigenvalue weighted by molar-refractivity contribution is 5.91. The predicted octanol–water partition coefficient (Wildman–Crippen LogP) is 1.78. The molecule has 0 saturated carbocycles. The highest BCUT2D eigenvalue weighted by Crippen LogP contribution is 2.14. The maximum atomic E-state index is 12.1. The first-order chi connectivity index (χ1) is 9.26. The zero-order valence-electron chi connectivity index (χ0n) is 10.9. The van der Waals surface area contributed by atoms with Crippen molar-refractivity contribution in [2.45, 2.75) is 38.8 Å². The van der Waals surface area contributed by atoms with Crippen molar-refractivity contribution in [2.75, 3.05) is 0 Å². The number of rotatable bonds is 3. The number of aryl methyl sites for hydroxylation is 2. The number of imidazole rings is 1. The van der Waals surface area contributed by atoms with Crippen molar-refractivity contribution < 1.29 is 9.21 Å². The molecule has 0 spiro atoms. The fourth-order valence-electron chi connectivity index (χ4n) is 2.43. The molecular weight excluding hydrogens is 242 g/mol. The Kier molecular flexibility index (Phi) is 3.11. The minimum absolute atomic E-state index is 0.131. The predicted molar refractivity (Wildman–Crippen MR) is 69.9 cm³/mol. The van der Waals surface area contributed by atoms with E-state index in [0.29, 0.717) is 5.76 Å². The fourth-order valence-corrected chi connectivity index (χ4v) is 2.43.